The van der Waals surface area contributed by atoms with E-state index in [0.717, 1.165) is 5.56 Å². The van der Waals surface area contributed by atoms with Crippen LogP contribution in [-0.4, -0.2) is 40.1 Å². The van der Waals surface area contributed by atoms with Gasteiger partial charge in [0.2, 0.25) is 0 Å². The molecule has 3 N–H and O–H groups in total. The first kappa shape index (κ1) is 18.6. The maximum atomic E-state index is 11.3. The van der Waals surface area contributed by atoms with E-state index >= 15 is 0 Å². The fraction of sp³-hybridized carbons (Fsp3) is 0.588. The highest BCUT2D eigenvalue weighted by Gasteiger charge is 2.38. The summed E-state index contributed by atoms with van der Waals surface area (Å²) < 4.78 is 5.40. The molecule has 22 heavy (non-hydrogen) atoms. The normalized spacial score (nSPS) is 16.0. The van der Waals surface area contributed by atoms with Crippen molar-refractivity contribution < 1.29 is 24.9 Å². The molecule has 0 saturated carbocycles. The van der Waals surface area contributed by atoms with Gasteiger partial charge in [0.25, 0.3) is 0 Å². The van der Waals surface area contributed by atoms with E-state index in [4.69, 9.17) is 4.74 Å². The van der Waals surface area contributed by atoms with Crippen molar-refractivity contribution in [1.82, 2.24) is 0 Å². The number of ether oxygens (including phenoxy) is 1. The molecule has 0 spiro atoms. The molecule has 0 aliphatic rings. The fourth-order valence-electron chi connectivity index (χ4n) is 2.48. The third kappa shape index (κ3) is 6.13. The molecule has 0 bridgehead atoms. The SMILES string of the molecule is CC(C)(C)C(C(=O)O)[C@H](O)C[C@H](O)COCc1ccccc1. The van der Waals surface area contributed by atoms with Crippen molar-refractivity contribution in [2.24, 2.45) is 11.3 Å². The molecule has 1 aromatic rings. The highest BCUT2D eigenvalue weighted by atomic mass is 16.5. The van der Waals surface area contributed by atoms with E-state index in [-0.39, 0.29) is 13.0 Å². The lowest BCUT2D eigenvalue weighted by Gasteiger charge is -2.31. The van der Waals surface area contributed by atoms with Gasteiger partial charge in [-0.25, -0.2) is 0 Å². The van der Waals surface area contributed by atoms with Crippen molar-refractivity contribution in [2.75, 3.05) is 6.61 Å². The zero-order valence-electron chi connectivity index (χ0n) is 13.4. The van der Waals surface area contributed by atoms with Gasteiger partial charge >= 0.3 is 5.97 Å². The first-order chi connectivity index (χ1) is 10.2. The Balaban J connectivity index is 2.43. The molecule has 0 radical (unpaired) electrons. The van der Waals surface area contributed by atoms with Crippen molar-refractivity contribution in [3.8, 4) is 0 Å². The largest absolute Gasteiger partial charge is 0.481 e. The van der Waals surface area contributed by atoms with E-state index < -0.39 is 29.5 Å². The lowest BCUT2D eigenvalue weighted by atomic mass is 9.76. The molecule has 0 aliphatic heterocycles. The number of carboxylic acid groups (broad SMARTS) is 1. The summed E-state index contributed by atoms with van der Waals surface area (Å²) in [6, 6.07) is 9.55. The maximum absolute atomic E-state index is 11.3. The van der Waals surface area contributed by atoms with Crippen molar-refractivity contribution in [3.05, 3.63) is 35.9 Å². The van der Waals surface area contributed by atoms with E-state index in [1.165, 1.54) is 0 Å². The Morgan fingerprint density at radius 2 is 1.77 bits per heavy atom. The second kappa shape index (κ2) is 8.27. The fourth-order valence-corrected chi connectivity index (χ4v) is 2.48. The molecule has 124 valence electrons. The average Bonchev–Trinajstić information content (AvgIpc) is 2.37. The summed E-state index contributed by atoms with van der Waals surface area (Å²) in [6.45, 7) is 5.70. The number of aliphatic hydroxyl groups is 2. The Kier molecular flexibility index (Phi) is 7.00. The number of aliphatic hydroxyl groups excluding tert-OH is 2. The first-order valence-corrected chi connectivity index (χ1v) is 7.42. The molecule has 3 atom stereocenters. The lowest BCUT2D eigenvalue weighted by molar-refractivity contribution is -0.152. The van der Waals surface area contributed by atoms with Crippen LogP contribution in [0.25, 0.3) is 0 Å². The smallest absolute Gasteiger partial charge is 0.309 e. The molecule has 5 heteroatoms. The third-order valence-electron chi connectivity index (χ3n) is 3.52. The Morgan fingerprint density at radius 3 is 2.27 bits per heavy atom. The second-order valence-corrected chi connectivity index (χ2v) is 6.64. The number of hydrogen-bond donors (Lipinski definition) is 3. The van der Waals surface area contributed by atoms with Crippen LogP contribution < -0.4 is 0 Å². The van der Waals surface area contributed by atoms with Gasteiger partial charge in [0.1, 0.15) is 0 Å². The van der Waals surface area contributed by atoms with Gasteiger partial charge in [0.05, 0.1) is 31.3 Å². The Hall–Kier alpha value is -1.43. The molecular formula is C17H26O5. The molecule has 0 saturated heterocycles. The summed E-state index contributed by atoms with van der Waals surface area (Å²) in [7, 11) is 0. The Morgan fingerprint density at radius 1 is 1.18 bits per heavy atom. The van der Waals surface area contributed by atoms with Gasteiger partial charge in [-0.05, 0) is 11.0 Å². The van der Waals surface area contributed by atoms with E-state index in [1.807, 2.05) is 30.3 Å². The monoisotopic (exact) mass is 310 g/mol. The van der Waals surface area contributed by atoms with Gasteiger partial charge in [0, 0.05) is 6.42 Å². The van der Waals surface area contributed by atoms with E-state index in [0.29, 0.717) is 6.61 Å². The van der Waals surface area contributed by atoms with Crippen molar-refractivity contribution >= 4 is 5.97 Å². The van der Waals surface area contributed by atoms with Crippen LogP contribution >= 0.6 is 0 Å². The molecule has 0 heterocycles. The summed E-state index contributed by atoms with van der Waals surface area (Å²) in [6.07, 6.45) is -2.04. The zero-order chi connectivity index (χ0) is 16.8. The van der Waals surface area contributed by atoms with Crippen LogP contribution in [0.1, 0.15) is 32.8 Å². The maximum Gasteiger partial charge on any atom is 0.309 e. The highest BCUT2D eigenvalue weighted by molar-refractivity contribution is 5.71. The van der Waals surface area contributed by atoms with E-state index in [9.17, 15) is 20.1 Å². The third-order valence-corrected chi connectivity index (χ3v) is 3.52. The molecule has 0 fully saturated rings. The number of carboxylic acids is 1. The Bertz CT molecular complexity index is 452. The second-order valence-electron chi connectivity index (χ2n) is 6.64. The van der Waals surface area contributed by atoms with Crippen LogP contribution in [0.5, 0.6) is 0 Å². The van der Waals surface area contributed by atoms with Crippen LogP contribution in [0.3, 0.4) is 0 Å². The lowest BCUT2D eigenvalue weighted by Crippen LogP contribution is -2.40. The summed E-state index contributed by atoms with van der Waals surface area (Å²) >= 11 is 0. The summed E-state index contributed by atoms with van der Waals surface area (Å²) in [5.74, 6) is -1.99. The number of rotatable bonds is 8. The summed E-state index contributed by atoms with van der Waals surface area (Å²) in [5.41, 5.74) is 0.406. The van der Waals surface area contributed by atoms with Gasteiger partial charge in [-0.2, -0.15) is 0 Å². The van der Waals surface area contributed by atoms with Gasteiger partial charge in [-0.15, -0.1) is 0 Å². The van der Waals surface area contributed by atoms with Crippen LogP contribution in [0.15, 0.2) is 30.3 Å². The summed E-state index contributed by atoms with van der Waals surface area (Å²) in [5, 5.41) is 29.3. The van der Waals surface area contributed by atoms with E-state index in [2.05, 4.69) is 0 Å². The Labute approximate surface area is 131 Å². The van der Waals surface area contributed by atoms with Crippen LogP contribution in [0, 0.1) is 11.3 Å². The van der Waals surface area contributed by atoms with Crippen LogP contribution in [0.4, 0.5) is 0 Å². The molecule has 0 amide bonds. The predicted molar refractivity (Wildman–Crippen MR) is 83.3 cm³/mol. The van der Waals surface area contributed by atoms with Crippen LogP contribution in [-0.2, 0) is 16.1 Å². The zero-order valence-corrected chi connectivity index (χ0v) is 13.4. The number of benzene rings is 1. The molecular weight excluding hydrogens is 284 g/mol. The van der Waals surface area contributed by atoms with E-state index in [1.54, 1.807) is 20.8 Å². The molecule has 0 aliphatic carbocycles. The van der Waals surface area contributed by atoms with Crippen molar-refractivity contribution in [3.63, 3.8) is 0 Å². The first-order valence-electron chi connectivity index (χ1n) is 7.42. The minimum atomic E-state index is -1.12. The van der Waals surface area contributed by atoms with Crippen LogP contribution in [0.2, 0.25) is 0 Å². The van der Waals surface area contributed by atoms with Gasteiger partial charge in [-0.3, -0.25) is 4.79 Å². The molecule has 0 aromatic heterocycles. The molecule has 1 unspecified atom stereocenters. The molecule has 1 rings (SSSR count). The van der Waals surface area contributed by atoms with Gasteiger partial charge in [0.15, 0.2) is 0 Å². The summed E-state index contributed by atoms with van der Waals surface area (Å²) in [4.78, 5) is 11.3. The number of carbonyl (C=O) groups is 1. The molecule has 5 nitrogen and oxygen atoms in total. The quantitative estimate of drug-likeness (QED) is 0.684. The minimum absolute atomic E-state index is 0.0248. The number of hydrogen-bond acceptors (Lipinski definition) is 4. The average molecular weight is 310 g/mol. The van der Waals surface area contributed by atoms with Gasteiger partial charge in [-0.1, -0.05) is 51.1 Å². The standard InChI is InChI=1S/C17H26O5/c1-17(2,3)15(16(20)21)14(19)9-13(18)11-22-10-12-7-5-4-6-8-12/h4-8,13-15,18-19H,9-11H2,1-3H3,(H,20,21)/t13-,14+,15?/m0/s1. The van der Waals surface area contributed by atoms with Gasteiger partial charge < -0.3 is 20.1 Å². The highest BCUT2D eigenvalue weighted by Crippen LogP contribution is 2.30. The van der Waals surface area contributed by atoms with Crippen molar-refractivity contribution in [2.45, 2.75) is 46.0 Å². The minimum Gasteiger partial charge on any atom is -0.481 e. The van der Waals surface area contributed by atoms with Crippen molar-refractivity contribution in [1.29, 1.82) is 0 Å². The number of aliphatic carboxylic acids is 1. The topological polar surface area (TPSA) is 87.0 Å². The predicted octanol–water partition coefficient (Wildman–Crippen LogP) is 2.06. The molecule has 1 aromatic carbocycles.